The Bertz CT molecular complexity index is 706. The summed E-state index contributed by atoms with van der Waals surface area (Å²) in [7, 11) is 0. The number of hydrogen-bond acceptors (Lipinski definition) is 3. The summed E-state index contributed by atoms with van der Waals surface area (Å²) in [5, 5.41) is 3.39. The minimum absolute atomic E-state index is 0.228. The number of benzene rings is 2. The summed E-state index contributed by atoms with van der Waals surface area (Å²) in [4.78, 5) is 12.4. The Kier molecular flexibility index (Phi) is 6.53. The zero-order valence-electron chi connectivity index (χ0n) is 12.9. The highest BCUT2D eigenvalue weighted by molar-refractivity contribution is 14.1. The first-order valence-electron chi connectivity index (χ1n) is 7.21. The van der Waals surface area contributed by atoms with E-state index in [-0.39, 0.29) is 5.91 Å². The van der Waals surface area contributed by atoms with Crippen LogP contribution >= 0.6 is 34.2 Å². The lowest BCUT2D eigenvalue weighted by Gasteiger charge is -2.14. The summed E-state index contributed by atoms with van der Waals surface area (Å²) in [6, 6.07) is 10.5. The molecule has 0 unspecified atom stereocenters. The van der Waals surface area contributed by atoms with Crippen LogP contribution in [0.5, 0.6) is 11.5 Å². The molecule has 23 heavy (non-hydrogen) atoms. The van der Waals surface area contributed by atoms with Crippen LogP contribution < -0.4 is 14.8 Å². The monoisotopic (exact) mass is 445 g/mol. The van der Waals surface area contributed by atoms with E-state index in [1.54, 1.807) is 36.4 Å². The normalized spacial score (nSPS) is 10.3. The molecule has 1 N–H and O–H groups in total. The topological polar surface area (TPSA) is 47.6 Å². The van der Waals surface area contributed by atoms with Crippen molar-refractivity contribution in [2.45, 2.75) is 13.8 Å². The van der Waals surface area contributed by atoms with Gasteiger partial charge < -0.3 is 14.8 Å². The van der Waals surface area contributed by atoms with Crippen molar-refractivity contribution in [1.82, 2.24) is 0 Å². The van der Waals surface area contributed by atoms with Crippen LogP contribution in [0.1, 0.15) is 24.2 Å². The summed E-state index contributed by atoms with van der Waals surface area (Å²) < 4.78 is 12.0. The van der Waals surface area contributed by atoms with Crippen molar-refractivity contribution in [3.05, 3.63) is 50.6 Å². The molecule has 0 saturated heterocycles. The first-order valence-corrected chi connectivity index (χ1v) is 8.66. The summed E-state index contributed by atoms with van der Waals surface area (Å²) in [5.41, 5.74) is 1.14. The SMILES string of the molecule is CCOc1cc(C(=O)Nc2cccc(Cl)c2)cc(I)c1OCC. The Morgan fingerprint density at radius 2 is 1.91 bits per heavy atom. The molecule has 2 aromatic rings. The third kappa shape index (κ3) is 4.75. The van der Waals surface area contributed by atoms with E-state index in [9.17, 15) is 4.79 Å². The predicted molar refractivity (Wildman–Crippen MR) is 101 cm³/mol. The molecular formula is C17H17ClINO3. The molecule has 122 valence electrons. The standard InChI is InChI=1S/C17H17ClINO3/c1-3-22-15-9-11(8-14(19)16(15)23-4-2)17(21)20-13-7-5-6-12(18)10-13/h5-10H,3-4H2,1-2H3,(H,20,21). The molecule has 0 aliphatic heterocycles. The van der Waals surface area contributed by atoms with Gasteiger partial charge in [0.2, 0.25) is 0 Å². The number of ether oxygens (including phenoxy) is 2. The van der Waals surface area contributed by atoms with Crippen LogP contribution in [0.4, 0.5) is 5.69 Å². The predicted octanol–water partition coefficient (Wildman–Crippen LogP) is 4.99. The van der Waals surface area contributed by atoms with E-state index in [1.807, 2.05) is 13.8 Å². The number of nitrogens with one attached hydrogen (secondary N) is 1. The molecule has 0 saturated carbocycles. The Morgan fingerprint density at radius 3 is 2.57 bits per heavy atom. The van der Waals surface area contributed by atoms with Gasteiger partial charge in [-0.1, -0.05) is 17.7 Å². The van der Waals surface area contributed by atoms with Crippen LogP contribution in [0.15, 0.2) is 36.4 Å². The molecule has 0 atom stereocenters. The van der Waals surface area contributed by atoms with Crippen molar-refractivity contribution in [2.75, 3.05) is 18.5 Å². The average molecular weight is 446 g/mol. The summed E-state index contributed by atoms with van der Waals surface area (Å²) in [6.45, 7) is 4.83. The molecule has 0 heterocycles. The number of anilines is 1. The van der Waals surface area contributed by atoms with Gasteiger partial charge in [0.1, 0.15) is 0 Å². The maximum absolute atomic E-state index is 12.4. The molecule has 4 nitrogen and oxygen atoms in total. The fourth-order valence-corrected chi connectivity index (χ4v) is 2.96. The second-order valence-corrected chi connectivity index (χ2v) is 6.21. The minimum Gasteiger partial charge on any atom is -0.490 e. The van der Waals surface area contributed by atoms with Crippen molar-refractivity contribution in [3.8, 4) is 11.5 Å². The lowest BCUT2D eigenvalue weighted by molar-refractivity contribution is 0.102. The van der Waals surface area contributed by atoms with Gasteiger partial charge in [0.05, 0.1) is 16.8 Å². The van der Waals surface area contributed by atoms with Gasteiger partial charge in [0.15, 0.2) is 11.5 Å². The summed E-state index contributed by atoms with van der Waals surface area (Å²) in [5.74, 6) is 1.00. The molecule has 2 rings (SSSR count). The van der Waals surface area contributed by atoms with E-state index in [2.05, 4.69) is 27.9 Å². The van der Waals surface area contributed by atoms with Crippen molar-refractivity contribution < 1.29 is 14.3 Å². The molecule has 2 aromatic carbocycles. The third-order valence-corrected chi connectivity index (χ3v) is 3.98. The van der Waals surface area contributed by atoms with Crippen LogP contribution in [0.2, 0.25) is 5.02 Å². The molecule has 6 heteroatoms. The van der Waals surface area contributed by atoms with Gasteiger partial charge in [-0.05, 0) is 66.8 Å². The summed E-state index contributed by atoms with van der Waals surface area (Å²) in [6.07, 6.45) is 0. The van der Waals surface area contributed by atoms with E-state index < -0.39 is 0 Å². The van der Waals surface area contributed by atoms with Crippen molar-refractivity contribution >= 4 is 45.8 Å². The van der Waals surface area contributed by atoms with E-state index in [4.69, 9.17) is 21.1 Å². The molecule has 0 aromatic heterocycles. The second kappa shape index (κ2) is 8.40. The largest absolute Gasteiger partial charge is 0.490 e. The highest BCUT2D eigenvalue weighted by Crippen LogP contribution is 2.34. The smallest absolute Gasteiger partial charge is 0.255 e. The Morgan fingerprint density at radius 1 is 1.17 bits per heavy atom. The molecule has 0 aliphatic carbocycles. The maximum Gasteiger partial charge on any atom is 0.255 e. The van der Waals surface area contributed by atoms with Crippen LogP contribution in [0.25, 0.3) is 0 Å². The first-order chi connectivity index (χ1) is 11.0. The van der Waals surface area contributed by atoms with Crippen LogP contribution in [0, 0.1) is 3.57 Å². The number of carbonyl (C=O) groups is 1. The van der Waals surface area contributed by atoms with Gasteiger partial charge >= 0.3 is 0 Å². The van der Waals surface area contributed by atoms with Gasteiger partial charge in [-0.25, -0.2) is 0 Å². The Balaban J connectivity index is 2.29. The number of carbonyl (C=O) groups excluding carboxylic acids is 1. The second-order valence-electron chi connectivity index (χ2n) is 4.62. The van der Waals surface area contributed by atoms with Crippen molar-refractivity contribution in [1.29, 1.82) is 0 Å². The number of rotatable bonds is 6. The molecule has 0 aliphatic rings. The van der Waals surface area contributed by atoms with E-state index in [1.165, 1.54) is 0 Å². The van der Waals surface area contributed by atoms with Gasteiger partial charge in [-0.2, -0.15) is 0 Å². The number of amides is 1. The van der Waals surface area contributed by atoms with Gasteiger partial charge in [-0.15, -0.1) is 0 Å². The molecule has 0 bridgehead atoms. The van der Waals surface area contributed by atoms with Gasteiger partial charge in [0.25, 0.3) is 5.91 Å². The zero-order chi connectivity index (χ0) is 16.8. The lowest BCUT2D eigenvalue weighted by Crippen LogP contribution is -2.13. The molecular weight excluding hydrogens is 429 g/mol. The highest BCUT2D eigenvalue weighted by atomic mass is 127. The number of halogens is 2. The Labute approximate surface area is 154 Å². The van der Waals surface area contributed by atoms with Crippen LogP contribution in [0.3, 0.4) is 0 Å². The fourth-order valence-electron chi connectivity index (χ4n) is 2.02. The molecule has 0 fully saturated rings. The quantitative estimate of drug-likeness (QED) is 0.637. The highest BCUT2D eigenvalue weighted by Gasteiger charge is 2.16. The van der Waals surface area contributed by atoms with E-state index >= 15 is 0 Å². The first kappa shape index (κ1) is 17.9. The molecule has 1 amide bonds. The molecule has 0 spiro atoms. The van der Waals surface area contributed by atoms with Gasteiger partial charge in [-0.3, -0.25) is 4.79 Å². The van der Waals surface area contributed by atoms with Crippen LogP contribution in [-0.2, 0) is 0 Å². The Hall–Kier alpha value is -1.47. The number of hydrogen-bond donors (Lipinski definition) is 1. The zero-order valence-corrected chi connectivity index (χ0v) is 15.8. The maximum atomic E-state index is 12.4. The van der Waals surface area contributed by atoms with Crippen LogP contribution in [-0.4, -0.2) is 19.1 Å². The van der Waals surface area contributed by atoms with Crippen molar-refractivity contribution in [3.63, 3.8) is 0 Å². The molecule has 0 radical (unpaired) electrons. The fraction of sp³-hybridized carbons (Fsp3) is 0.235. The van der Waals surface area contributed by atoms with Gasteiger partial charge in [0, 0.05) is 16.3 Å². The van der Waals surface area contributed by atoms with Crippen molar-refractivity contribution in [2.24, 2.45) is 0 Å². The van der Waals surface area contributed by atoms with E-state index in [0.29, 0.717) is 41.0 Å². The summed E-state index contributed by atoms with van der Waals surface area (Å²) >= 11 is 8.07. The third-order valence-electron chi connectivity index (χ3n) is 2.94. The lowest BCUT2D eigenvalue weighted by atomic mass is 10.1. The minimum atomic E-state index is -0.228. The van der Waals surface area contributed by atoms with E-state index in [0.717, 1.165) is 3.57 Å². The average Bonchev–Trinajstić information content (AvgIpc) is 2.50.